The SMILES string of the molecule is COc1ccc2[nH]cc(C(=O)N3C[C@H](CC(N)=O)[C@@H](OC)C3)c2c1. The number of aromatic amines is 1. The minimum Gasteiger partial charge on any atom is -0.497 e. The van der Waals surface area contributed by atoms with Crippen molar-refractivity contribution >= 4 is 22.7 Å². The molecule has 3 rings (SSSR count). The van der Waals surface area contributed by atoms with Crippen molar-refractivity contribution in [3.8, 4) is 5.75 Å². The van der Waals surface area contributed by atoms with Crippen molar-refractivity contribution in [3.63, 3.8) is 0 Å². The Morgan fingerprint density at radius 1 is 1.33 bits per heavy atom. The Balaban J connectivity index is 1.85. The molecule has 1 aromatic heterocycles. The number of hydrogen-bond acceptors (Lipinski definition) is 4. The Morgan fingerprint density at radius 3 is 2.79 bits per heavy atom. The lowest BCUT2D eigenvalue weighted by molar-refractivity contribution is -0.119. The molecule has 2 amide bonds. The summed E-state index contributed by atoms with van der Waals surface area (Å²) in [5.41, 5.74) is 6.75. The van der Waals surface area contributed by atoms with Crippen LogP contribution in [0.3, 0.4) is 0 Å². The number of nitrogens with two attached hydrogens (primary N) is 1. The lowest BCUT2D eigenvalue weighted by Crippen LogP contribution is -2.29. The van der Waals surface area contributed by atoms with E-state index >= 15 is 0 Å². The maximum Gasteiger partial charge on any atom is 0.256 e. The first kappa shape index (κ1) is 16.3. The van der Waals surface area contributed by atoms with Crippen LogP contribution in [0.25, 0.3) is 10.9 Å². The quantitative estimate of drug-likeness (QED) is 0.858. The number of carbonyl (C=O) groups excluding carboxylic acids is 2. The van der Waals surface area contributed by atoms with Crippen LogP contribution in [0.5, 0.6) is 5.75 Å². The van der Waals surface area contributed by atoms with E-state index in [9.17, 15) is 9.59 Å². The van der Waals surface area contributed by atoms with Gasteiger partial charge in [0.15, 0.2) is 0 Å². The zero-order valence-electron chi connectivity index (χ0n) is 13.7. The molecule has 24 heavy (non-hydrogen) atoms. The first-order valence-corrected chi connectivity index (χ1v) is 7.79. The van der Waals surface area contributed by atoms with Crippen LogP contribution in [-0.2, 0) is 9.53 Å². The Morgan fingerprint density at radius 2 is 2.12 bits per heavy atom. The van der Waals surface area contributed by atoms with Gasteiger partial charge < -0.3 is 25.1 Å². The summed E-state index contributed by atoms with van der Waals surface area (Å²) in [6, 6.07) is 5.55. The summed E-state index contributed by atoms with van der Waals surface area (Å²) < 4.78 is 10.7. The zero-order chi connectivity index (χ0) is 17.3. The molecular weight excluding hydrogens is 310 g/mol. The number of benzene rings is 1. The van der Waals surface area contributed by atoms with Gasteiger partial charge in [-0.1, -0.05) is 0 Å². The van der Waals surface area contributed by atoms with Crippen LogP contribution in [0.1, 0.15) is 16.8 Å². The van der Waals surface area contributed by atoms with Gasteiger partial charge in [0.1, 0.15) is 5.75 Å². The van der Waals surface area contributed by atoms with Crippen LogP contribution in [0.4, 0.5) is 0 Å². The van der Waals surface area contributed by atoms with Crippen LogP contribution in [0.15, 0.2) is 24.4 Å². The molecule has 0 aliphatic carbocycles. The average molecular weight is 331 g/mol. The largest absolute Gasteiger partial charge is 0.497 e. The van der Waals surface area contributed by atoms with Gasteiger partial charge in [0, 0.05) is 49.6 Å². The number of primary amides is 1. The van der Waals surface area contributed by atoms with Crippen molar-refractivity contribution in [1.82, 2.24) is 9.88 Å². The van der Waals surface area contributed by atoms with Gasteiger partial charge in [-0.2, -0.15) is 0 Å². The van der Waals surface area contributed by atoms with E-state index in [2.05, 4.69) is 4.98 Å². The molecule has 2 aromatic rings. The fourth-order valence-corrected chi connectivity index (χ4v) is 3.30. The van der Waals surface area contributed by atoms with Crippen molar-refractivity contribution in [2.75, 3.05) is 27.3 Å². The topological polar surface area (TPSA) is 97.7 Å². The second kappa shape index (κ2) is 6.52. The minimum atomic E-state index is -0.381. The Labute approximate surface area is 139 Å². The monoisotopic (exact) mass is 331 g/mol. The highest BCUT2D eigenvalue weighted by Gasteiger charge is 2.37. The highest BCUT2D eigenvalue weighted by atomic mass is 16.5. The van der Waals surface area contributed by atoms with Crippen molar-refractivity contribution in [2.24, 2.45) is 11.7 Å². The number of aromatic nitrogens is 1. The first-order valence-electron chi connectivity index (χ1n) is 7.79. The number of likely N-dealkylation sites (tertiary alicyclic amines) is 1. The summed E-state index contributed by atoms with van der Waals surface area (Å²) in [6.07, 6.45) is 1.74. The van der Waals surface area contributed by atoms with E-state index < -0.39 is 0 Å². The van der Waals surface area contributed by atoms with E-state index in [4.69, 9.17) is 15.2 Å². The number of ether oxygens (including phenoxy) is 2. The summed E-state index contributed by atoms with van der Waals surface area (Å²) in [4.78, 5) is 28.9. The fraction of sp³-hybridized carbons (Fsp3) is 0.412. The Bertz CT molecular complexity index is 770. The van der Waals surface area contributed by atoms with E-state index in [1.54, 1.807) is 25.3 Å². The number of fused-ring (bicyclic) bond motifs is 1. The van der Waals surface area contributed by atoms with Gasteiger partial charge in [0.05, 0.1) is 18.8 Å². The number of rotatable bonds is 5. The van der Waals surface area contributed by atoms with Crippen LogP contribution in [0.2, 0.25) is 0 Å². The van der Waals surface area contributed by atoms with Gasteiger partial charge in [0.25, 0.3) is 5.91 Å². The second-order valence-corrected chi connectivity index (χ2v) is 6.03. The molecule has 0 unspecified atom stereocenters. The predicted molar refractivity (Wildman–Crippen MR) is 88.9 cm³/mol. The normalized spacial score (nSPS) is 20.5. The highest BCUT2D eigenvalue weighted by Crippen LogP contribution is 2.28. The van der Waals surface area contributed by atoms with Crippen molar-refractivity contribution < 1.29 is 19.1 Å². The van der Waals surface area contributed by atoms with Gasteiger partial charge >= 0.3 is 0 Å². The number of nitrogens with one attached hydrogen (secondary N) is 1. The molecule has 7 nitrogen and oxygen atoms in total. The van der Waals surface area contributed by atoms with Gasteiger partial charge in [0.2, 0.25) is 5.91 Å². The Kier molecular flexibility index (Phi) is 4.44. The molecule has 0 bridgehead atoms. The number of methoxy groups -OCH3 is 2. The lowest BCUT2D eigenvalue weighted by Gasteiger charge is -2.15. The van der Waals surface area contributed by atoms with E-state index in [0.717, 1.165) is 10.9 Å². The number of hydrogen-bond donors (Lipinski definition) is 2. The average Bonchev–Trinajstić information content (AvgIpc) is 3.16. The van der Waals surface area contributed by atoms with Crippen molar-refractivity contribution in [3.05, 3.63) is 30.0 Å². The highest BCUT2D eigenvalue weighted by molar-refractivity contribution is 6.07. The fourth-order valence-electron chi connectivity index (χ4n) is 3.30. The second-order valence-electron chi connectivity index (χ2n) is 6.03. The molecule has 2 atom stereocenters. The van der Waals surface area contributed by atoms with Crippen molar-refractivity contribution in [2.45, 2.75) is 12.5 Å². The summed E-state index contributed by atoms with van der Waals surface area (Å²) in [7, 11) is 3.18. The number of carbonyl (C=O) groups is 2. The molecule has 0 radical (unpaired) electrons. The van der Waals surface area contributed by atoms with E-state index in [1.807, 2.05) is 18.2 Å². The van der Waals surface area contributed by atoms with E-state index in [0.29, 0.717) is 24.4 Å². The third-order valence-corrected chi connectivity index (χ3v) is 4.55. The minimum absolute atomic E-state index is 0.0730. The molecule has 7 heteroatoms. The zero-order valence-corrected chi connectivity index (χ0v) is 13.7. The molecule has 0 spiro atoms. The summed E-state index contributed by atoms with van der Waals surface area (Å²) in [6.45, 7) is 0.904. The third kappa shape index (κ3) is 2.94. The van der Waals surface area contributed by atoms with Crippen molar-refractivity contribution in [1.29, 1.82) is 0 Å². The van der Waals surface area contributed by atoms with Crippen LogP contribution in [0, 0.1) is 5.92 Å². The maximum atomic E-state index is 12.9. The molecule has 1 aliphatic heterocycles. The number of nitrogens with zero attached hydrogens (tertiary/aromatic N) is 1. The molecule has 2 heterocycles. The Hall–Kier alpha value is -2.54. The van der Waals surface area contributed by atoms with Crippen LogP contribution >= 0.6 is 0 Å². The van der Waals surface area contributed by atoms with Crippen LogP contribution < -0.4 is 10.5 Å². The lowest BCUT2D eigenvalue weighted by atomic mass is 10.0. The van der Waals surface area contributed by atoms with Gasteiger partial charge in [-0.15, -0.1) is 0 Å². The van der Waals surface area contributed by atoms with E-state index in [-0.39, 0.29) is 30.3 Å². The molecular formula is C17H21N3O4. The molecule has 1 saturated heterocycles. The smallest absolute Gasteiger partial charge is 0.256 e. The predicted octanol–water partition coefficient (Wildman–Crippen LogP) is 1.14. The molecule has 3 N–H and O–H groups in total. The molecule has 1 fully saturated rings. The van der Waals surface area contributed by atoms with Gasteiger partial charge in [-0.3, -0.25) is 9.59 Å². The summed E-state index contributed by atoms with van der Waals surface area (Å²) in [5, 5.41) is 0.812. The van der Waals surface area contributed by atoms with E-state index in [1.165, 1.54) is 0 Å². The number of amides is 2. The van der Waals surface area contributed by atoms with Crippen LogP contribution in [-0.4, -0.2) is 55.1 Å². The third-order valence-electron chi connectivity index (χ3n) is 4.55. The van der Waals surface area contributed by atoms with Gasteiger partial charge in [-0.05, 0) is 18.2 Å². The number of H-pyrrole nitrogens is 1. The maximum absolute atomic E-state index is 12.9. The summed E-state index contributed by atoms with van der Waals surface area (Å²) in [5.74, 6) is 0.145. The molecule has 128 valence electrons. The molecule has 0 saturated carbocycles. The standard InChI is InChI=1S/C17H21N3O4/c1-23-11-3-4-14-12(6-11)13(7-19-14)17(22)20-8-10(5-16(18)21)15(9-20)24-2/h3-4,6-7,10,15,19H,5,8-9H2,1-2H3,(H2,18,21)/t10-,15-/m0/s1. The first-order chi connectivity index (χ1) is 11.5. The molecule has 1 aromatic carbocycles. The molecule has 1 aliphatic rings. The summed E-state index contributed by atoms with van der Waals surface area (Å²) >= 11 is 0. The van der Waals surface area contributed by atoms with Gasteiger partial charge in [-0.25, -0.2) is 0 Å².